The second kappa shape index (κ2) is 12.3. The Hall–Kier alpha value is -3.24. The van der Waals surface area contributed by atoms with Crippen molar-refractivity contribution in [3.8, 4) is 0 Å². The number of likely N-dealkylation sites (N-methyl/N-ethyl adjacent to an activating group) is 1. The normalized spacial score (nSPS) is 17.4. The number of aromatic nitrogens is 2. The van der Waals surface area contributed by atoms with E-state index in [1.54, 1.807) is 18.5 Å². The van der Waals surface area contributed by atoms with Crippen LogP contribution in [0.15, 0.2) is 42.7 Å². The van der Waals surface area contributed by atoms with E-state index < -0.39 is 9.85 Å². The van der Waals surface area contributed by atoms with Gasteiger partial charge in [-0.25, -0.2) is 0 Å². The summed E-state index contributed by atoms with van der Waals surface area (Å²) in [6.45, 7) is 10.7. The van der Waals surface area contributed by atoms with Crippen molar-refractivity contribution in [2.45, 2.75) is 39.0 Å². The first-order chi connectivity index (χ1) is 16.4. The largest absolute Gasteiger partial charge is 0.363 e. The van der Waals surface area contributed by atoms with E-state index in [-0.39, 0.29) is 11.6 Å². The summed E-state index contributed by atoms with van der Waals surface area (Å²) in [5, 5.41) is 21.0. The Labute approximate surface area is 199 Å². The number of hydrogen-bond donors (Lipinski definition) is 0. The van der Waals surface area contributed by atoms with Crippen LogP contribution in [0.2, 0.25) is 0 Å². The molecule has 0 bridgehead atoms. The van der Waals surface area contributed by atoms with E-state index in [4.69, 9.17) is 0 Å². The Balaban J connectivity index is 0.000000191. The fourth-order valence-corrected chi connectivity index (χ4v) is 4.27. The van der Waals surface area contributed by atoms with E-state index in [2.05, 4.69) is 39.7 Å². The smallest absolute Gasteiger partial charge is 0.358 e. The molecular formula is C24H32N6O4. The van der Waals surface area contributed by atoms with Crippen LogP contribution in [0.1, 0.15) is 50.2 Å². The molecule has 4 rings (SSSR count). The van der Waals surface area contributed by atoms with Gasteiger partial charge in [0.15, 0.2) is 0 Å². The molecule has 0 aliphatic carbocycles. The third-order valence-electron chi connectivity index (χ3n) is 6.51. The van der Waals surface area contributed by atoms with Gasteiger partial charge in [0.05, 0.1) is 0 Å². The van der Waals surface area contributed by atoms with Crippen molar-refractivity contribution in [3.63, 3.8) is 0 Å². The van der Waals surface area contributed by atoms with Gasteiger partial charge in [-0.05, 0) is 94.4 Å². The summed E-state index contributed by atoms with van der Waals surface area (Å²) in [6, 6.07) is 6.58. The topological polar surface area (TPSA) is 119 Å². The third kappa shape index (κ3) is 6.88. The molecule has 0 amide bonds. The SMILES string of the molecule is CCN1CC=C(c2ccc([N+](=O)[O-])nc2)CC1.CCN1CCC(c2ccc([N+](=O)[O-])nc2)CC1. The Morgan fingerprint density at radius 2 is 1.50 bits per heavy atom. The lowest BCUT2D eigenvalue weighted by Crippen LogP contribution is -2.32. The van der Waals surface area contributed by atoms with Gasteiger partial charge < -0.3 is 25.1 Å². The number of piperidine rings is 1. The van der Waals surface area contributed by atoms with Crippen LogP contribution in [0.5, 0.6) is 0 Å². The van der Waals surface area contributed by atoms with E-state index in [1.165, 1.54) is 17.7 Å². The molecule has 182 valence electrons. The van der Waals surface area contributed by atoms with E-state index >= 15 is 0 Å². The average Bonchev–Trinajstić information content (AvgIpc) is 2.89. The standard InChI is InChI=1S/C12H17N3O2.C12H15N3O2/c2*1-2-14-7-5-10(6-8-14)11-3-4-12(13-9-11)15(16)17/h3-4,9-10H,2,5-8H2,1H3;3-5,9H,2,6-8H2,1H3. The molecule has 2 aliphatic rings. The molecule has 10 nitrogen and oxygen atoms in total. The third-order valence-corrected chi connectivity index (χ3v) is 6.51. The highest BCUT2D eigenvalue weighted by Gasteiger charge is 2.21. The molecule has 4 heterocycles. The maximum atomic E-state index is 10.5. The highest BCUT2D eigenvalue weighted by molar-refractivity contribution is 5.66. The zero-order valence-electron chi connectivity index (χ0n) is 19.8. The van der Waals surface area contributed by atoms with E-state index in [1.807, 2.05) is 6.07 Å². The molecular weight excluding hydrogens is 436 g/mol. The second-order valence-corrected chi connectivity index (χ2v) is 8.45. The summed E-state index contributed by atoms with van der Waals surface area (Å²) >= 11 is 0. The Morgan fingerprint density at radius 3 is 1.94 bits per heavy atom. The van der Waals surface area contributed by atoms with Gasteiger partial charge in [0, 0.05) is 30.8 Å². The van der Waals surface area contributed by atoms with Crippen molar-refractivity contribution in [1.82, 2.24) is 19.8 Å². The lowest BCUT2D eigenvalue weighted by atomic mass is 9.90. The quantitative estimate of drug-likeness (QED) is 0.455. The molecule has 0 aromatic carbocycles. The monoisotopic (exact) mass is 468 g/mol. The minimum Gasteiger partial charge on any atom is -0.358 e. The van der Waals surface area contributed by atoms with Crippen LogP contribution in [-0.4, -0.2) is 68.9 Å². The molecule has 10 heteroatoms. The maximum absolute atomic E-state index is 10.5. The van der Waals surface area contributed by atoms with Gasteiger partial charge in [0.1, 0.15) is 12.4 Å². The molecule has 0 saturated carbocycles. The van der Waals surface area contributed by atoms with Crippen molar-refractivity contribution >= 4 is 17.2 Å². The summed E-state index contributed by atoms with van der Waals surface area (Å²) in [6.07, 6.45) is 8.64. The zero-order chi connectivity index (χ0) is 24.5. The lowest BCUT2D eigenvalue weighted by Gasteiger charge is -2.30. The highest BCUT2D eigenvalue weighted by Crippen LogP contribution is 2.28. The van der Waals surface area contributed by atoms with Crippen LogP contribution in [-0.2, 0) is 0 Å². The van der Waals surface area contributed by atoms with Gasteiger partial charge in [-0.2, -0.15) is 0 Å². The van der Waals surface area contributed by atoms with Crippen LogP contribution >= 0.6 is 0 Å². The maximum Gasteiger partial charge on any atom is 0.363 e. The first-order valence-corrected chi connectivity index (χ1v) is 11.8. The molecule has 1 fully saturated rings. The molecule has 0 unspecified atom stereocenters. The van der Waals surface area contributed by atoms with Gasteiger partial charge >= 0.3 is 11.6 Å². The van der Waals surface area contributed by atoms with Crippen molar-refractivity contribution in [3.05, 3.63) is 74.1 Å². The van der Waals surface area contributed by atoms with Crippen molar-refractivity contribution in [1.29, 1.82) is 0 Å². The van der Waals surface area contributed by atoms with Crippen molar-refractivity contribution in [2.75, 3.05) is 39.3 Å². The number of hydrogen-bond acceptors (Lipinski definition) is 8. The summed E-state index contributed by atoms with van der Waals surface area (Å²) in [5.41, 5.74) is 3.36. The predicted molar refractivity (Wildman–Crippen MR) is 131 cm³/mol. The fourth-order valence-electron chi connectivity index (χ4n) is 4.27. The van der Waals surface area contributed by atoms with Gasteiger partial charge in [0.2, 0.25) is 0 Å². The fraction of sp³-hybridized carbons (Fsp3) is 0.500. The molecule has 0 atom stereocenters. The van der Waals surface area contributed by atoms with Crippen LogP contribution in [0, 0.1) is 20.2 Å². The minimum atomic E-state index is -0.474. The van der Waals surface area contributed by atoms with E-state index in [0.29, 0.717) is 5.92 Å². The molecule has 0 radical (unpaired) electrons. The number of pyridine rings is 2. The lowest BCUT2D eigenvalue weighted by molar-refractivity contribution is -0.389. The second-order valence-electron chi connectivity index (χ2n) is 8.45. The van der Waals surface area contributed by atoms with Crippen LogP contribution in [0.3, 0.4) is 0 Å². The first-order valence-electron chi connectivity index (χ1n) is 11.8. The molecule has 0 N–H and O–H groups in total. The molecule has 0 spiro atoms. The molecule has 2 aliphatic heterocycles. The summed E-state index contributed by atoms with van der Waals surface area (Å²) in [4.78, 5) is 32.6. The van der Waals surface area contributed by atoms with Gasteiger partial charge in [-0.1, -0.05) is 19.9 Å². The van der Waals surface area contributed by atoms with Crippen LogP contribution in [0.4, 0.5) is 11.6 Å². The number of nitro groups is 2. The molecule has 1 saturated heterocycles. The highest BCUT2D eigenvalue weighted by atomic mass is 16.6. The molecule has 2 aromatic heterocycles. The van der Waals surface area contributed by atoms with E-state index in [9.17, 15) is 20.2 Å². The molecule has 34 heavy (non-hydrogen) atoms. The molecule has 2 aromatic rings. The van der Waals surface area contributed by atoms with Crippen molar-refractivity contribution < 1.29 is 9.85 Å². The summed E-state index contributed by atoms with van der Waals surface area (Å²) in [5.74, 6) is 0.339. The Bertz CT molecular complexity index is 986. The minimum absolute atomic E-state index is 0.0697. The summed E-state index contributed by atoms with van der Waals surface area (Å²) in [7, 11) is 0. The van der Waals surface area contributed by atoms with Gasteiger partial charge in [-0.3, -0.25) is 4.90 Å². The van der Waals surface area contributed by atoms with Crippen LogP contribution < -0.4 is 0 Å². The predicted octanol–water partition coefficient (Wildman–Crippen LogP) is 4.29. The number of rotatable bonds is 6. The van der Waals surface area contributed by atoms with Crippen LogP contribution in [0.25, 0.3) is 5.57 Å². The zero-order valence-corrected chi connectivity index (χ0v) is 19.8. The first kappa shape index (κ1) is 25.4. The van der Waals surface area contributed by atoms with Gasteiger partial charge in [-0.15, -0.1) is 0 Å². The average molecular weight is 469 g/mol. The number of nitrogens with zero attached hydrogens (tertiary/aromatic N) is 6. The Morgan fingerprint density at radius 1 is 0.882 bits per heavy atom. The van der Waals surface area contributed by atoms with Crippen molar-refractivity contribution in [2.24, 2.45) is 0 Å². The number of likely N-dealkylation sites (tertiary alicyclic amines) is 1. The summed E-state index contributed by atoms with van der Waals surface area (Å²) < 4.78 is 0. The Kier molecular flexibility index (Phi) is 9.17. The van der Waals surface area contributed by atoms with Gasteiger partial charge in [0.25, 0.3) is 0 Å². The van der Waals surface area contributed by atoms with E-state index in [0.717, 1.165) is 69.7 Å².